The summed E-state index contributed by atoms with van der Waals surface area (Å²) in [6.45, 7) is 6.05. The van der Waals surface area contributed by atoms with Crippen molar-refractivity contribution in [2.45, 2.75) is 63.0 Å². The monoisotopic (exact) mass is 638 g/mol. The van der Waals surface area contributed by atoms with E-state index in [2.05, 4.69) is 22.3 Å². The first-order valence-corrected chi connectivity index (χ1v) is 16.4. The van der Waals surface area contributed by atoms with Crippen molar-refractivity contribution in [1.29, 1.82) is 0 Å². The second-order valence-electron chi connectivity index (χ2n) is 12.3. The molecule has 2 aliphatic carbocycles. The van der Waals surface area contributed by atoms with Gasteiger partial charge in [0.05, 0.1) is 25.0 Å². The van der Waals surface area contributed by atoms with Crippen LogP contribution in [0.25, 0.3) is 0 Å². The molecule has 1 aliphatic heterocycles. The van der Waals surface area contributed by atoms with Crippen LogP contribution in [0, 0.1) is 17.8 Å². The number of aryl methyl sites for hydroxylation is 1. The standard InChI is InChI=1S/C32H41ClN2O6S.Na/c1-20(21(2)42(38)39)13-30(36)34-16-24-6-7-25(24)17-35-18-32(12-4-5-22-14-26(33)9-10-27(22)32)19-41-29-11-8-23(15-28(29)35)31(37)40-3;/h8-11,14-15,20-21,24-25H,4-7,12-13,16-19H2,1-3H3,(H,34,36)(H,38,39);/q;+1/p-1/t20-,21+,24-,25-,32-;/m0./s1. The maximum atomic E-state index is 12.6. The topological polar surface area (TPSA) is 108 Å². The summed E-state index contributed by atoms with van der Waals surface area (Å²) >= 11 is 4.18. The molecule has 1 spiro atoms. The molecule has 1 fully saturated rings. The fraction of sp³-hybridized carbons (Fsp3) is 0.562. The fourth-order valence-corrected chi connectivity index (χ4v) is 7.42. The third-order valence-electron chi connectivity index (χ3n) is 9.66. The summed E-state index contributed by atoms with van der Waals surface area (Å²) in [5, 5.41) is 3.23. The number of anilines is 1. The second kappa shape index (κ2) is 14.6. The molecule has 1 amide bonds. The van der Waals surface area contributed by atoms with Crippen molar-refractivity contribution in [3.63, 3.8) is 0 Å². The Kier molecular flexibility index (Phi) is 11.7. The van der Waals surface area contributed by atoms with Gasteiger partial charge in [0.15, 0.2) is 0 Å². The van der Waals surface area contributed by atoms with E-state index in [4.69, 9.17) is 21.1 Å². The molecule has 0 bridgehead atoms. The minimum atomic E-state index is -2.20. The number of halogens is 1. The summed E-state index contributed by atoms with van der Waals surface area (Å²) in [7, 11) is 1.39. The van der Waals surface area contributed by atoms with E-state index in [1.165, 1.54) is 18.2 Å². The number of nitrogens with zero attached hydrogens (tertiary/aromatic N) is 1. The molecule has 0 aromatic heterocycles. The fourth-order valence-electron chi connectivity index (χ4n) is 6.75. The minimum absolute atomic E-state index is 0. The van der Waals surface area contributed by atoms with E-state index in [0.29, 0.717) is 30.6 Å². The van der Waals surface area contributed by atoms with Gasteiger partial charge >= 0.3 is 35.5 Å². The van der Waals surface area contributed by atoms with Crippen molar-refractivity contribution in [3.05, 3.63) is 58.1 Å². The number of benzene rings is 2. The molecule has 228 valence electrons. The Morgan fingerprint density at radius 1 is 1.21 bits per heavy atom. The molecular weight excluding hydrogens is 599 g/mol. The zero-order chi connectivity index (χ0) is 30.0. The average molecular weight is 639 g/mol. The molecule has 6 atom stereocenters. The zero-order valence-electron chi connectivity index (χ0n) is 25.5. The van der Waals surface area contributed by atoms with Crippen LogP contribution in [-0.4, -0.2) is 59.2 Å². The largest absolute Gasteiger partial charge is 1.00 e. The van der Waals surface area contributed by atoms with Crippen molar-refractivity contribution in [1.82, 2.24) is 5.32 Å². The first-order chi connectivity index (χ1) is 20.1. The molecule has 2 aromatic rings. The maximum Gasteiger partial charge on any atom is 1.00 e. The molecule has 43 heavy (non-hydrogen) atoms. The van der Waals surface area contributed by atoms with Gasteiger partial charge in [-0.3, -0.25) is 9.00 Å². The zero-order valence-corrected chi connectivity index (χ0v) is 29.1. The molecule has 2 aromatic carbocycles. The Morgan fingerprint density at radius 2 is 1.98 bits per heavy atom. The second-order valence-corrected chi connectivity index (χ2v) is 14.0. The van der Waals surface area contributed by atoms with Gasteiger partial charge in [0.1, 0.15) is 5.75 Å². The van der Waals surface area contributed by atoms with Gasteiger partial charge in [-0.25, -0.2) is 4.79 Å². The normalized spacial score (nSPS) is 24.5. The van der Waals surface area contributed by atoms with Crippen molar-refractivity contribution in [2.24, 2.45) is 17.8 Å². The van der Waals surface area contributed by atoms with E-state index < -0.39 is 16.3 Å². The van der Waals surface area contributed by atoms with Gasteiger partial charge in [-0.2, -0.15) is 0 Å². The Labute approximate surface area is 284 Å². The summed E-state index contributed by atoms with van der Waals surface area (Å²) < 4.78 is 34.1. The van der Waals surface area contributed by atoms with Crippen molar-refractivity contribution in [2.75, 3.05) is 38.3 Å². The van der Waals surface area contributed by atoms with E-state index in [1.54, 1.807) is 19.9 Å². The van der Waals surface area contributed by atoms with E-state index in [0.717, 1.165) is 61.7 Å². The number of ether oxygens (including phenoxy) is 2. The third-order valence-corrected chi connectivity index (χ3v) is 11.0. The number of amides is 1. The van der Waals surface area contributed by atoms with Gasteiger partial charge < -0.3 is 24.2 Å². The predicted octanol–water partition coefficient (Wildman–Crippen LogP) is 2.04. The van der Waals surface area contributed by atoms with Gasteiger partial charge in [-0.05, 0) is 91.3 Å². The Morgan fingerprint density at radius 3 is 2.67 bits per heavy atom. The van der Waals surface area contributed by atoms with Gasteiger partial charge in [-0.1, -0.05) is 42.6 Å². The molecule has 0 radical (unpaired) electrons. The number of carbonyl (C=O) groups excluding carboxylic acids is 2. The van der Waals surface area contributed by atoms with Crippen LogP contribution in [0.4, 0.5) is 5.69 Å². The molecule has 0 saturated heterocycles. The van der Waals surface area contributed by atoms with Crippen LogP contribution in [0.1, 0.15) is 67.4 Å². The smallest absolute Gasteiger partial charge is 0.772 e. The number of methoxy groups -OCH3 is 1. The summed E-state index contributed by atoms with van der Waals surface area (Å²) in [5.41, 5.74) is 3.70. The number of hydrogen-bond acceptors (Lipinski definition) is 7. The first-order valence-electron chi connectivity index (χ1n) is 14.8. The molecule has 3 aliphatic rings. The molecule has 5 rings (SSSR count). The molecule has 1 N–H and O–H groups in total. The van der Waals surface area contributed by atoms with Gasteiger partial charge in [-0.15, -0.1) is 0 Å². The number of esters is 1. The SMILES string of the molecule is COC(=O)c1ccc2c(c1)N(C[C@@H]1CC[C@H]1CNC(=O)C[C@H](C)[C@@H](C)S(=O)[O-])C[C@@]1(CCCc3cc(Cl)ccc31)CO2.[Na+]. The maximum absolute atomic E-state index is 12.6. The molecule has 1 heterocycles. The van der Waals surface area contributed by atoms with Crippen LogP contribution >= 0.6 is 11.6 Å². The molecule has 8 nitrogen and oxygen atoms in total. The van der Waals surface area contributed by atoms with Crippen LogP contribution in [0.3, 0.4) is 0 Å². The molecule has 11 heteroatoms. The summed E-state index contributed by atoms with van der Waals surface area (Å²) in [4.78, 5) is 27.5. The Bertz CT molecular complexity index is 1360. The Balaban J connectivity index is 0.00000423. The van der Waals surface area contributed by atoms with E-state index in [-0.39, 0.29) is 59.2 Å². The van der Waals surface area contributed by atoms with Crippen LogP contribution in [0.15, 0.2) is 36.4 Å². The minimum Gasteiger partial charge on any atom is -0.772 e. The number of carbonyl (C=O) groups is 2. The van der Waals surface area contributed by atoms with E-state index in [9.17, 15) is 18.4 Å². The Hall–Kier alpha value is -1.62. The third kappa shape index (κ3) is 7.61. The van der Waals surface area contributed by atoms with Gasteiger partial charge in [0.25, 0.3) is 0 Å². The summed E-state index contributed by atoms with van der Waals surface area (Å²) in [5.74, 6) is 0.682. The van der Waals surface area contributed by atoms with Crippen LogP contribution in [-0.2, 0) is 32.4 Å². The predicted molar refractivity (Wildman–Crippen MR) is 163 cm³/mol. The number of fused-ring (bicyclic) bond motifs is 3. The average Bonchev–Trinajstić information content (AvgIpc) is 3.11. The summed E-state index contributed by atoms with van der Waals surface area (Å²) in [6, 6.07) is 11.7. The van der Waals surface area contributed by atoms with Gasteiger partial charge in [0.2, 0.25) is 5.91 Å². The van der Waals surface area contributed by atoms with Crippen LogP contribution in [0.5, 0.6) is 5.75 Å². The van der Waals surface area contributed by atoms with Gasteiger partial charge in [0, 0.05) is 41.7 Å². The number of hydrogen-bond donors (Lipinski definition) is 1. The van der Waals surface area contributed by atoms with E-state index >= 15 is 0 Å². The van der Waals surface area contributed by atoms with E-state index in [1.807, 2.05) is 18.2 Å². The van der Waals surface area contributed by atoms with Crippen molar-refractivity contribution >= 4 is 40.2 Å². The molecule has 1 unspecified atom stereocenters. The first kappa shape index (κ1) is 34.3. The molecular formula is C32H40ClN2NaO6S. The van der Waals surface area contributed by atoms with Crippen LogP contribution < -0.4 is 44.5 Å². The number of nitrogens with one attached hydrogen (secondary N) is 1. The number of rotatable bonds is 9. The quantitative estimate of drug-likeness (QED) is 0.255. The van der Waals surface area contributed by atoms with Crippen molar-refractivity contribution < 1.29 is 57.4 Å². The summed E-state index contributed by atoms with van der Waals surface area (Å²) in [6.07, 6.45) is 5.28. The van der Waals surface area contributed by atoms with Crippen LogP contribution in [0.2, 0.25) is 5.02 Å². The van der Waals surface area contributed by atoms with Crippen molar-refractivity contribution in [3.8, 4) is 5.75 Å². The molecule has 1 saturated carbocycles.